The molecule has 0 fully saturated rings. The largest absolute Gasteiger partial charge is 0.381 e. The highest BCUT2D eigenvalue weighted by molar-refractivity contribution is 7.86. The van der Waals surface area contributed by atoms with Crippen LogP contribution < -0.4 is 0 Å². The zero-order chi connectivity index (χ0) is 23.8. The highest BCUT2D eigenvalue weighted by atomic mass is 32.2. The summed E-state index contributed by atoms with van der Waals surface area (Å²) < 4.78 is 75.6. The van der Waals surface area contributed by atoms with E-state index in [1.807, 2.05) is 13.8 Å². The van der Waals surface area contributed by atoms with E-state index >= 15 is 0 Å². The first-order valence-electron chi connectivity index (χ1n) is 10.3. The van der Waals surface area contributed by atoms with Gasteiger partial charge in [0.15, 0.2) is 0 Å². The van der Waals surface area contributed by atoms with Crippen LogP contribution in [0.5, 0.6) is 0 Å². The summed E-state index contributed by atoms with van der Waals surface area (Å²) in [5, 5.41) is 0. The van der Waals surface area contributed by atoms with Crippen LogP contribution in [0.4, 0.5) is 0 Å². The summed E-state index contributed by atoms with van der Waals surface area (Å²) in [4.78, 5) is -0.184. The fraction of sp³-hybridized carbons (Fsp3) is 0.455. The Morgan fingerprint density at radius 3 is 1.38 bits per heavy atom. The number of ether oxygens (including phenoxy) is 2. The average molecular weight is 487 g/mol. The zero-order valence-corrected chi connectivity index (χ0v) is 19.9. The van der Waals surface area contributed by atoms with E-state index in [-0.39, 0.29) is 9.79 Å². The van der Waals surface area contributed by atoms with Gasteiger partial charge in [0.2, 0.25) is 0 Å². The molecule has 2 aromatic carbocycles. The van der Waals surface area contributed by atoms with Crippen molar-refractivity contribution in [2.75, 3.05) is 26.4 Å². The molecule has 0 aliphatic heterocycles. The quantitative estimate of drug-likeness (QED) is 0.326. The Labute approximate surface area is 190 Å². The molecule has 0 atom stereocenters. The molecule has 0 heterocycles. The van der Waals surface area contributed by atoms with Crippen LogP contribution >= 0.6 is 0 Å². The molecule has 178 valence electrons. The van der Waals surface area contributed by atoms with E-state index in [4.69, 9.17) is 9.47 Å². The summed E-state index contributed by atoms with van der Waals surface area (Å²) in [6.07, 6.45) is 2.25. The first-order chi connectivity index (χ1) is 15.0. The Hall–Kier alpha value is -1.82. The lowest BCUT2D eigenvalue weighted by molar-refractivity contribution is 0.105. The van der Waals surface area contributed by atoms with E-state index in [9.17, 15) is 25.9 Å². The summed E-state index contributed by atoms with van der Waals surface area (Å²) >= 11 is 0. The van der Waals surface area contributed by atoms with Gasteiger partial charge in [0.1, 0.15) is 0 Å². The van der Waals surface area contributed by atoms with Gasteiger partial charge in [-0.2, -0.15) is 16.8 Å². The molecule has 0 radical (unpaired) electrons. The van der Waals surface area contributed by atoms with E-state index in [2.05, 4.69) is 0 Å². The summed E-state index contributed by atoms with van der Waals surface area (Å²) in [5.74, 6) is 0. The topological polar surface area (TPSA) is 127 Å². The number of hydrogen-bond acceptors (Lipinski definition) is 6. The van der Waals surface area contributed by atoms with E-state index in [0.717, 1.165) is 24.0 Å². The molecule has 8 nitrogen and oxygen atoms in total. The van der Waals surface area contributed by atoms with Crippen LogP contribution in [0.25, 0.3) is 0 Å². The molecule has 2 aromatic rings. The normalized spacial score (nSPS) is 12.2. The molecular formula is C22H30O8S2. The molecule has 0 unspecified atom stereocenters. The summed E-state index contributed by atoms with van der Waals surface area (Å²) in [5.41, 5.74) is 2.85. The first kappa shape index (κ1) is 26.4. The monoisotopic (exact) mass is 486 g/mol. The molecule has 10 heteroatoms. The molecule has 0 spiro atoms. The van der Waals surface area contributed by atoms with Crippen LogP contribution in [0.2, 0.25) is 0 Å². The minimum atomic E-state index is -4.26. The van der Waals surface area contributed by atoms with Gasteiger partial charge in [-0.25, -0.2) is 0 Å². The van der Waals surface area contributed by atoms with Crippen molar-refractivity contribution in [2.45, 2.75) is 49.3 Å². The fourth-order valence-electron chi connectivity index (χ4n) is 3.29. The molecule has 0 aromatic heterocycles. The van der Waals surface area contributed by atoms with Crippen LogP contribution in [0, 0.1) is 13.8 Å². The lowest BCUT2D eigenvalue weighted by atomic mass is 10.1. The van der Waals surface area contributed by atoms with Crippen molar-refractivity contribution in [2.24, 2.45) is 0 Å². The van der Waals surface area contributed by atoms with Gasteiger partial charge < -0.3 is 9.47 Å². The van der Waals surface area contributed by atoms with Gasteiger partial charge in [0, 0.05) is 13.2 Å². The second-order valence-electron chi connectivity index (χ2n) is 7.60. The second kappa shape index (κ2) is 11.9. The Morgan fingerprint density at radius 2 is 1.03 bits per heavy atom. The Bertz CT molecular complexity index is 1020. The van der Waals surface area contributed by atoms with Crippen molar-refractivity contribution in [1.82, 2.24) is 0 Å². The van der Waals surface area contributed by atoms with E-state index in [1.165, 1.54) is 12.1 Å². The fourth-order valence-corrected chi connectivity index (χ4v) is 4.75. The number of hydrogen-bond donors (Lipinski definition) is 2. The molecule has 32 heavy (non-hydrogen) atoms. The van der Waals surface area contributed by atoms with Gasteiger partial charge >= 0.3 is 0 Å². The van der Waals surface area contributed by atoms with Crippen LogP contribution in [-0.2, 0) is 42.6 Å². The minimum absolute atomic E-state index is 0.0918. The predicted octanol–water partition coefficient (Wildman–Crippen LogP) is 3.40. The van der Waals surface area contributed by atoms with Crippen LogP contribution in [0.15, 0.2) is 46.2 Å². The maximum atomic E-state index is 11.5. The molecule has 2 N–H and O–H groups in total. The van der Waals surface area contributed by atoms with E-state index < -0.39 is 20.2 Å². The van der Waals surface area contributed by atoms with Gasteiger partial charge in [-0.3, -0.25) is 9.11 Å². The van der Waals surface area contributed by atoms with E-state index in [0.29, 0.717) is 50.4 Å². The molecule has 0 aliphatic carbocycles. The van der Waals surface area contributed by atoms with Crippen LogP contribution in [0.1, 0.15) is 35.1 Å². The standard InChI is InChI=1S/C22H30O8S2/c1-17-5-7-21(31(23,24)25)19(15-17)9-13-29-11-3-4-12-30-14-10-20-16-18(2)6-8-22(20)32(26,27)28/h5-8,15-16H,3-4,9-14H2,1-2H3,(H,23,24,25)(H,26,27,28). The molecule has 0 aliphatic rings. The number of rotatable bonds is 13. The lowest BCUT2D eigenvalue weighted by Gasteiger charge is -2.10. The third-order valence-corrected chi connectivity index (χ3v) is 6.75. The van der Waals surface area contributed by atoms with E-state index in [1.54, 1.807) is 24.3 Å². The smallest absolute Gasteiger partial charge is 0.294 e. The summed E-state index contributed by atoms with van der Waals surface area (Å²) in [6.45, 7) is 5.33. The SMILES string of the molecule is Cc1ccc(S(=O)(=O)O)c(CCOCCCCOCCc2cc(C)ccc2S(=O)(=O)O)c1. The molecule has 0 saturated heterocycles. The minimum Gasteiger partial charge on any atom is -0.381 e. The Balaban J connectivity index is 1.65. The van der Waals surface area contributed by atoms with Crippen molar-refractivity contribution in [3.63, 3.8) is 0 Å². The molecule has 0 bridgehead atoms. The number of benzene rings is 2. The van der Waals surface area contributed by atoms with Gasteiger partial charge in [-0.05, 0) is 62.8 Å². The maximum Gasteiger partial charge on any atom is 0.294 e. The van der Waals surface area contributed by atoms with Crippen molar-refractivity contribution in [3.05, 3.63) is 58.7 Å². The zero-order valence-electron chi connectivity index (χ0n) is 18.3. The molecule has 0 saturated carbocycles. The van der Waals surface area contributed by atoms with Gasteiger partial charge in [-0.15, -0.1) is 0 Å². The highest BCUT2D eigenvalue weighted by Gasteiger charge is 2.16. The number of unbranched alkanes of at least 4 members (excludes halogenated alkanes) is 1. The van der Waals surface area contributed by atoms with Gasteiger partial charge in [0.05, 0.1) is 23.0 Å². The average Bonchev–Trinajstić information content (AvgIpc) is 2.67. The van der Waals surface area contributed by atoms with Crippen molar-refractivity contribution in [1.29, 1.82) is 0 Å². The predicted molar refractivity (Wildman–Crippen MR) is 120 cm³/mol. The molecule has 2 rings (SSSR count). The Morgan fingerprint density at radius 1 is 0.656 bits per heavy atom. The molecular weight excluding hydrogens is 456 g/mol. The van der Waals surface area contributed by atoms with Crippen LogP contribution in [-0.4, -0.2) is 52.4 Å². The molecule has 0 amide bonds. The third-order valence-electron chi connectivity index (χ3n) is 4.85. The van der Waals surface area contributed by atoms with Crippen LogP contribution in [0.3, 0.4) is 0 Å². The second-order valence-corrected chi connectivity index (χ2v) is 10.4. The Kier molecular flexibility index (Phi) is 9.81. The van der Waals surface area contributed by atoms with Crippen molar-refractivity contribution < 1.29 is 35.4 Å². The van der Waals surface area contributed by atoms with Crippen molar-refractivity contribution in [3.8, 4) is 0 Å². The third kappa shape index (κ3) is 8.61. The highest BCUT2D eigenvalue weighted by Crippen LogP contribution is 2.19. The summed E-state index contributed by atoms with van der Waals surface area (Å²) in [6, 6.07) is 9.51. The summed E-state index contributed by atoms with van der Waals surface area (Å²) in [7, 11) is -8.53. The van der Waals surface area contributed by atoms with Gasteiger partial charge in [0.25, 0.3) is 20.2 Å². The lowest BCUT2D eigenvalue weighted by Crippen LogP contribution is -2.08. The van der Waals surface area contributed by atoms with Crippen molar-refractivity contribution >= 4 is 20.2 Å². The first-order valence-corrected chi connectivity index (χ1v) is 13.2. The maximum absolute atomic E-state index is 11.5. The number of aryl methyl sites for hydroxylation is 2. The van der Waals surface area contributed by atoms with Gasteiger partial charge in [-0.1, -0.05) is 35.4 Å².